The number of carbonyl (C=O) groups excluding carboxylic acids is 2. The molecule has 9 nitrogen and oxygen atoms in total. The van der Waals surface area contributed by atoms with E-state index >= 15 is 0 Å². The first kappa shape index (κ1) is 22.8. The Kier molecular flexibility index (Phi) is 6.62. The lowest BCUT2D eigenvalue weighted by atomic mass is 10.0. The zero-order valence-electron chi connectivity index (χ0n) is 18.8. The Bertz CT molecular complexity index is 975. The topological polar surface area (TPSA) is 111 Å². The number of anilines is 2. The van der Waals surface area contributed by atoms with Gasteiger partial charge < -0.3 is 25.8 Å². The van der Waals surface area contributed by atoms with Gasteiger partial charge in [0.2, 0.25) is 5.91 Å². The number of urea groups is 1. The number of hydrogen-bond acceptors (Lipinski definition) is 6. The van der Waals surface area contributed by atoms with Crippen LogP contribution < -0.4 is 20.9 Å². The standard InChI is InChI=1S/C22H33N5O4S/c1-15-13-16(27-11-9-26(2)10-12-27)7-8-17(15)23-20(28)6-4-3-5-19-21-18(14-32(19,30)31)24-22(29)25-21/h7-8,13,18-19,21H,3-6,9-12,14H2,1-2H3,(H,23,28)(H2,24,25,29)/t18-,19-,21-/m1/s1. The number of benzene rings is 1. The molecule has 176 valence electrons. The van der Waals surface area contributed by atoms with Crippen LogP contribution in [0.2, 0.25) is 0 Å². The van der Waals surface area contributed by atoms with Gasteiger partial charge in [0.1, 0.15) is 0 Å². The van der Waals surface area contributed by atoms with Crippen LogP contribution >= 0.6 is 0 Å². The Hall–Kier alpha value is -2.33. The van der Waals surface area contributed by atoms with E-state index in [1.165, 1.54) is 5.69 Å². The van der Waals surface area contributed by atoms with Gasteiger partial charge in [0.25, 0.3) is 0 Å². The van der Waals surface area contributed by atoms with Gasteiger partial charge in [-0.05, 0) is 50.6 Å². The Morgan fingerprint density at radius 3 is 2.62 bits per heavy atom. The molecule has 0 spiro atoms. The molecule has 0 aliphatic carbocycles. The summed E-state index contributed by atoms with van der Waals surface area (Å²) in [5.74, 6) is -0.0752. The molecule has 3 fully saturated rings. The first-order valence-corrected chi connectivity index (χ1v) is 13.1. The van der Waals surface area contributed by atoms with E-state index in [2.05, 4.69) is 44.9 Å². The largest absolute Gasteiger partial charge is 0.369 e. The van der Waals surface area contributed by atoms with E-state index < -0.39 is 15.1 Å². The number of aryl methyl sites for hydroxylation is 1. The van der Waals surface area contributed by atoms with Crippen molar-refractivity contribution in [2.75, 3.05) is 49.2 Å². The summed E-state index contributed by atoms with van der Waals surface area (Å²) >= 11 is 0. The third kappa shape index (κ3) is 5.01. The average molecular weight is 464 g/mol. The van der Waals surface area contributed by atoms with Gasteiger partial charge in [0, 0.05) is 44.0 Å². The number of carbonyl (C=O) groups is 2. The minimum atomic E-state index is -3.23. The lowest BCUT2D eigenvalue weighted by Crippen LogP contribution is -2.44. The van der Waals surface area contributed by atoms with E-state index in [9.17, 15) is 18.0 Å². The minimum absolute atomic E-state index is 0.00897. The van der Waals surface area contributed by atoms with Gasteiger partial charge in [0.05, 0.1) is 23.1 Å². The summed E-state index contributed by atoms with van der Waals surface area (Å²) in [5, 5.41) is 7.81. The van der Waals surface area contributed by atoms with E-state index in [0.29, 0.717) is 25.7 Å². The molecule has 1 aromatic rings. The quantitative estimate of drug-likeness (QED) is 0.412. The molecule has 3 atom stereocenters. The molecule has 0 radical (unpaired) electrons. The first-order chi connectivity index (χ1) is 15.2. The van der Waals surface area contributed by atoms with Crippen molar-refractivity contribution in [2.24, 2.45) is 0 Å². The zero-order chi connectivity index (χ0) is 22.9. The normalized spacial score (nSPS) is 27.0. The molecule has 3 aliphatic rings. The molecule has 0 unspecified atom stereocenters. The number of nitrogens with one attached hydrogen (secondary N) is 3. The molecule has 1 aromatic carbocycles. The summed E-state index contributed by atoms with van der Waals surface area (Å²) in [7, 11) is -1.09. The van der Waals surface area contributed by atoms with Crippen molar-refractivity contribution < 1.29 is 18.0 Å². The molecule has 4 rings (SSSR count). The number of rotatable bonds is 7. The summed E-state index contributed by atoms with van der Waals surface area (Å²) in [5.41, 5.74) is 3.02. The molecule has 32 heavy (non-hydrogen) atoms. The minimum Gasteiger partial charge on any atom is -0.369 e. The van der Waals surface area contributed by atoms with Crippen LogP contribution in [0.25, 0.3) is 0 Å². The summed E-state index contributed by atoms with van der Waals surface area (Å²) in [6, 6.07) is 5.14. The molecule has 3 N–H and O–H groups in total. The highest BCUT2D eigenvalue weighted by Gasteiger charge is 2.51. The number of unbranched alkanes of at least 4 members (excludes halogenated alkanes) is 1. The lowest BCUT2D eigenvalue weighted by molar-refractivity contribution is -0.116. The van der Waals surface area contributed by atoms with Crippen LogP contribution in [0, 0.1) is 6.92 Å². The van der Waals surface area contributed by atoms with Gasteiger partial charge in [-0.1, -0.05) is 6.42 Å². The van der Waals surface area contributed by atoms with Crippen molar-refractivity contribution in [3.05, 3.63) is 23.8 Å². The van der Waals surface area contributed by atoms with Gasteiger partial charge in [-0.15, -0.1) is 0 Å². The maximum Gasteiger partial charge on any atom is 0.315 e. The molecule has 0 aromatic heterocycles. The van der Waals surface area contributed by atoms with Gasteiger partial charge in [0.15, 0.2) is 9.84 Å². The Labute approximate surface area is 189 Å². The molecule has 3 amide bonds. The van der Waals surface area contributed by atoms with E-state index in [-0.39, 0.29) is 29.8 Å². The van der Waals surface area contributed by atoms with Gasteiger partial charge >= 0.3 is 6.03 Å². The van der Waals surface area contributed by atoms with Crippen LogP contribution in [0.3, 0.4) is 0 Å². The zero-order valence-corrected chi connectivity index (χ0v) is 19.6. The van der Waals surface area contributed by atoms with Gasteiger partial charge in [-0.25, -0.2) is 13.2 Å². The van der Waals surface area contributed by atoms with E-state index in [1.54, 1.807) is 0 Å². The summed E-state index contributed by atoms with van der Waals surface area (Å²) in [6.45, 7) is 6.09. The van der Waals surface area contributed by atoms with Crippen LogP contribution in [-0.2, 0) is 14.6 Å². The summed E-state index contributed by atoms with van der Waals surface area (Å²) in [4.78, 5) is 28.6. The third-order valence-corrected chi connectivity index (χ3v) is 9.09. The molecule has 0 saturated carbocycles. The second kappa shape index (κ2) is 9.27. The third-order valence-electron chi connectivity index (χ3n) is 6.82. The van der Waals surface area contributed by atoms with Crippen molar-refractivity contribution in [2.45, 2.75) is 49.9 Å². The number of nitrogens with zero attached hydrogens (tertiary/aromatic N) is 2. The first-order valence-electron chi connectivity index (χ1n) is 11.4. The Balaban J connectivity index is 1.23. The van der Waals surface area contributed by atoms with Crippen LogP contribution in [0.5, 0.6) is 0 Å². The fourth-order valence-electron chi connectivity index (χ4n) is 4.90. The summed E-state index contributed by atoms with van der Waals surface area (Å²) in [6.07, 6.45) is 2.02. The lowest BCUT2D eigenvalue weighted by Gasteiger charge is -2.34. The number of likely N-dealkylation sites (N-methyl/N-ethyl adjacent to an activating group) is 1. The number of sulfone groups is 1. The molecular formula is C22H33N5O4S. The maximum absolute atomic E-state index is 12.4. The summed E-state index contributed by atoms with van der Waals surface area (Å²) < 4.78 is 24.7. The second-order valence-corrected chi connectivity index (χ2v) is 11.5. The molecule has 0 bridgehead atoms. The monoisotopic (exact) mass is 463 g/mol. The predicted molar refractivity (Wildman–Crippen MR) is 125 cm³/mol. The highest BCUT2D eigenvalue weighted by Crippen LogP contribution is 2.29. The number of piperazine rings is 1. The highest BCUT2D eigenvalue weighted by atomic mass is 32.2. The van der Waals surface area contributed by atoms with Crippen LogP contribution in [0.15, 0.2) is 18.2 Å². The second-order valence-electron chi connectivity index (χ2n) is 9.20. The number of hydrogen-bond donors (Lipinski definition) is 3. The Morgan fingerprint density at radius 2 is 1.91 bits per heavy atom. The Morgan fingerprint density at radius 1 is 1.16 bits per heavy atom. The average Bonchev–Trinajstić information content (AvgIpc) is 3.18. The highest BCUT2D eigenvalue weighted by molar-refractivity contribution is 7.92. The van der Waals surface area contributed by atoms with Crippen molar-refractivity contribution in [1.29, 1.82) is 0 Å². The van der Waals surface area contributed by atoms with Crippen LogP contribution in [-0.4, -0.2) is 81.6 Å². The number of fused-ring (bicyclic) bond motifs is 1. The number of amides is 3. The molecule has 3 heterocycles. The van der Waals surface area contributed by atoms with Crippen LogP contribution in [0.4, 0.5) is 16.2 Å². The van der Waals surface area contributed by atoms with Crippen molar-refractivity contribution in [3.63, 3.8) is 0 Å². The SMILES string of the molecule is Cc1cc(N2CCN(C)CC2)ccc1NC(=O)CCCC[C@@H]1[C@@H]2NC(=O)N[C@@H]2CS1(=O)=O. The van der Waals surface area contributed by atoms with Gasteiger partial charge in [-0.3, -0.25) is 4.79 Å². The maximum atomic E-state index is 12.4. The van der Waals surface area contributed by atoms with Gasteiger partial charge in [-0.2, -0.15) is 0 Å². The van der Waals surface area contributed by atoms with Crippen molar-refractivity contribution in [3.8, 4) is 0 Å². The molecular weight excluding hydrogens is 430 g/mol. The molecule has 3 aliphatic heterocycles. The van der Waals surface area contributed by atoms with E-state index in [0.717, 1.165) is 37.4 Å². The fourth-order valence-corrected chi connectivity index (χ4v) is 7.17. The fraction of sp³-hybridized carbons (Fsp3) is 0.636. The van der Waals surface area contributed by atoms with Crippen LogP contribution in [0.1, 0.15) is 31.2 Å². The van der Waals surface area contributed by atoms with E-state index in [4.69, 9.17) is 0 Å². The van der Waals surface area contributed by atoms with Crippen molar-refractivity contribution in [1.82, 2.24) is 15.5 Å². The van der Waals surface area contributed by atoms with E-state index in [1.807, 2.05) is 13.0 Å². The molecule has 10 heteroatoms. The smallest absolute Gasteiger partial charge is 0.315 e. The predicted octanol–water partition coefficient (Wildman–Crippen LogP) is 1.09. The van der Waals surface area contributed by atoms with Crippen molar-refractivity contribution >= 4 is 33.2 Å². The molecule has 3 saturated heterocycles.